The van der Waals surface area contributed by atoms with Crippen LogP contribution in [0.3, 0.4) is 0 Å². The Morgan fingerprint density at radius 3 is 2.69 bits per heavy atom. The quantitative estimate of drug-likeness (QED) is 0.627. The van der Waals surface area contributed by atoms with Crippen molar-refractivity contribution in [1.29, 1.82) is 0 Å². The fraction of sp³-hybridized carbons (Fsp3) is 0.364. The number of rotatable bonds is 7. The molecule has 0 aromatic heterocycles. The predicted molar refractivity (Wildman–Crippen MR) is 112 cm³/mol. The van der Waals surface area contributed by atoms with Crippen LogP contribution in [-0.4, -0.2) is 36.8 Å². The van der Waals surface area contributed by atoms with Crippen LogP contribution >= 0.6 is 0 Å². The number of hydrogen-bond donors (Lipinski definition) is 3. The fourth-order valence-electron chi connectivity index (χ4n) is 3.37. The van der Waals surface area contributed by atoms with Crippen molar-refractivity contribution in [3.8, 4) is 0 Å². The molecule has 3 N–H and O–H groups in total. The third kappa shape index (κ3) is 3.97. The lowest BCUT2D eigenvalue weighted by atomic mass is 9.94. The number of anilines is 2. The number of nitrogens with one attached hydrogen (secondary N) is 2. The summed E-state index contributed by atoms with van der Waals surface area (Å²) in [7, 11) is 0. The third-order valence-electron chi connectivity index (χ3n) is 5.09. The van der Waals surface area contributed by atoms with Gasteiger partial charge in [-0.3, -0.25) is 9.69 Å². The van der Waals surface area contributed by atoms with Crippen molar-refractivity contribution in [3.05, 3.63) is 59.2 Å². The Labute approximate surface area is 170 Å². The number of aliphatic hydroxyl groups is 1. The van der Waals surface area contributed by atoms with Gasteiger partial charge in [-0.15, -0.1) is 0 Å². The summed E-state index contributed by atoms with van der Waals surface area (Å²) in [6, 6.07) is 11.6. The van der Waals surface area contributed by atoms with Crippen LogP contribution in [0.4, 0.5) is 16.2 Å². The zero-order valence-electron chi connectivity index (χ0n) is 17.0. The van der Waals surface area contributed by atoms with Gasteiger partial charge in [-0.1, -0.05) is 24.3 Å². The van der Waals surface area contributed by atoms with Crippen LogP contribution in [0.5, 0.6) is 0 Å². The number of amides is 3. The first-order chi connectivity index (χ1) is 13.9. The summed E-state index contributed by atoms with van der Waals surface area (Å²) in [6.45, 7) is 7.22. The van der Waals surface area contributed by atoms with Crippen molar-refractivity contribution in [2.24, 2.45) is 0 Å². The van der Waals surface area contributed by atoms with Crippen LogP contribution in [0.15, 0.2) is 42.5 Å². The van der Waals surface area contributed by atoms with Gasteiger partial charge in [-0.05, 0) is 56.5 Å². The zero-order valence-corrected chi connectivity index (χ0v) is 17.0. The number of fused-ring (bicyclic) bond motifs is 1. The Balaban J connectivity index is 2.00. The van der Waals surface area contributed by atoms with Crippen molar-refractivity contribution in [2.45, 2.75) is 32.9 Å². The molecule has 29 heavy (non-hydrogen) atoms. The van der Waals surface area contributed by atoms with E-state index in [-0.39, 0.29) is 0 Å². The molecule has 0 unspecified atom stereocenters. The Morgan fingerprint density at radius 2 is 1.97 bits per heavy atom. The minimum atomic E-state index is -2.17. The normalized spacial score (nSPS) is 18.2. The second-order valence-corrected chi connectivity index (χ2v) is 7.06. The number of nitrogens with zero attached hydrogens (tertiary/aromatic N) is 1. The molecule has 7 nitrogen and oxygen atoms in total. The van der Waals surface area contributed by atoms with Crippen LogP contribution in [0.2, 0.25) is 0 Å². The average Bonchev–Trinajstić information content (AvgIpc) is 2.70. The summed E-state index contributed by atoms with van der Waals surface area (Å²) >= 11 is 0. The molecule has 2 aromatic carbocycles. The average molecular weight is 397 g/mol. The monoisotopic (exact) mass is 397 g/mol. The second kappa shape index (κ2) is 8.63. The van der Waals surface area contributed by atoms with E-state index in [0.717, 1.165) is 16.0 Å². The van der Waals surface area contributed by atoms with Crippen molar-refractivity contribution < 1.29 is 19.4 Å². The molecule has 3 amide bonds. The Morgan fingerprint density at radius 1 is 1.21 bits per heavy atom. The van der Waals surface area contributed by atoms with E-state index in [1.165, 1.54) is 0 Å². The van der Waals surface area contributed by atoms with E-state index in [9.17, 15) is 14.7 Å². The summed E-state index contributed by atoms with van der Waals surface area (Å²) < 4.78 is 5.29. The van der Waals surface area contributed by atoms with Crippen LogP contribution in [0, 0.1) is 13.8 Å². The molecule has 0 radical (unpaired) electrons. The van der Waals surface area contributed by atoms with E-state index < -0.39 is 17.7 Å². The number of benzene rings is 2. The number of carbonyl (C=O) groups is 2. The number of para-hydroxylation sites is 1. The molecule has 2 aromatic rings. The van der Waals surface area contributed by atoms with Crippen LogP contribution < -0.4 is 15.5 Å². The summed E-state index contributed by atoms with van der Waals surface area (Å²) in [5.74, 6) is -0.658. The number of hydrogen-bond acceptors (Lipinski definition) is 4. The highest BCUT2D eigenvalue weighted by Gasteiger charge is 2.51. The first-order valence-electron chi connectivity index (χ1n) is 9.76. The molecular weight excluding hydrogens is 370 g/mol. The smallest absolute Gasteiger partial charge is 0.329 e. The van der Waals surface area contributed by atoms with Gasteiger partial charge in [0.05, 0.1) is 5.69 Å². The Hall–Kier alpha value is -2.90. The molecule has 1 aliphatic heterocycles. The lowest BCUT2D eigenvalue weighted by Crippen LogP contribution is -2.62. The van der Waals surface area contributed by atoms with E-state index >= 15 is 0 Å². The van der Waals surface area contributed by atoms with Crippen molar-refractivity contribution in [3.63, 3.8) is 0 Å². The van der Waals surface area contributed by atoms with E-state index in [1.807, 2.05) is 26.8 Å². The molecule has 7 heteroatoms. The van der Waals surface area contributed by atoms with E-state index in [2.05, 4.69) is 10.6 Å². The highest BCUT2D eigenvalue weighted by Crippen LogP contribution is 2.40. The third-order valence-corrected chi connectivity index (χ3v) is 5.09. The van der Waals surface area contributed by atoms with E-state index in [1.54, 1.807) is 36.4 Å². The molecule has 1 atom stereocenters. The summed E-state index contributed by atoms with van der Waals surface area (Å²) in [6.07, 6.45) is 0.604. The molecule has 0 saturated heterocycles. The molecule has 0 aliphatic carbocycles. The van der Waals surface area contributed by atoms with Crippen molar-refractivity contribution in [2.75, 3.05) is 30.0 Å². The topological polar surface area (TPSA) is 90.9 Å². The van der Waals surface area contributed by atoms with Gasteiger partial charge < -0.3 is 20.5 Å². The lowest BCUT2D eigenvalue weighted by Gasteiger charge is -2.42. The number of aryl methyl sites for hydroxylation is 2. The fourth-order valence-corrected chi connectivity index (χ4v) is 3.37. The van der Waals surface area contributed by atoms with Crippen molar-refractivity contribution in [1.82, 2.24) is 5.32 Å². The van der Waals surface area contributed by atoms with Crippen LogP contribution in [0.1, 0.15) is 30.0 Å². The second-order valence-electron chi connectivity index (χ2n) is 7.06. The first-order valence-corrected chi connectivity index (χ1v) is 9.76. The van der Waals surface area contributed by atoms with E-state index in [4.69, 9.17) is 4.74 Å². The van der Waals surface area contributed by atoms with Gasteiger partial charge in [0.2, 0.25) is 0 Å². The number of urea groups is 1. The van der Waals surface area contributed by atoms with E-state index in [0.29, 0.717) is 43.1 Å². The Bertz CT molecular complexity index is 915. The highest BCUT2D eigenvalue weighted by molar-refractivity contribution is 6.11. The molecule has 154 valence electrons. The SMILES string of the molecule is CCOCCCNC(=O)[C@]1(O)c2ccccc2NC(=O)N1c1ccc(C)c(C)c1. The Kier molecular flexibility index (Phi) is 6.20. The van der Waals surface area contributed by atoms with Gasteiger partial charge in [0.1, 0.15) is 0 Å². The molecule has 0 spiro atoms. The standard InChI is InChI=1S/C22H27N3O4/c1-4-29-13-7-12-23-20(26)22(28)18-8-5-6-9-19(18)24-21(27)25(22)17-11-10-15(2)16(3)14-17/h5-6,8-11,14,28H,4,7,12-13H2,1-3H3,(H,23,26)(H,24,27)/t22-/m1/s1. The minimum Gasteiger partial charge on any atom is -0.382 e. The molecule has 0 bridgehead atoms. The molecule has 0 saturated carbocycles. The van der Waals surface area contributed by atoms with Gasteiger partial charge >= 0.3 is 6.03 Å². The molecule has 1 heterocycles. The summed E-state index contributed by atoms with van der Waals surface area (Å²) in [5.41, 5.74) is 0.993. The highest BCUT2D eigenvalue weighted by atomic mass is 16.5. The molecule has 3 rings (SSSR count). The largest absolute Gasteiger partial charge is 0.382 e. The molecule has 1 aliphatic rings. The van der Waals surface area contributed by atoms with Gasteiger partial charge in [0, 0.05) is 31.0 Å². The number of ether oxygens (including phenoxy) is 1. The maximum atomic E-state index is 13.2. The van der Waals surface area contributed by atoms with Crippen LogP contribution in [-0.2, 0) is 15.3 Å². The maximum absolute atomic E-state index is 13.2. The van der Waals surface area contributed by atoms with Gasteiger partial charge in [-0.25, -0.2) is 4.79 Å². The van der Waals surface area contributed by atoms with Gasteiger partial charge in [0.25, 0.3) is 11.6 Å². The van der Waals surface area contributed by atoms with Crippen molar-refractivity contribution >= 4 is 23.3 Å². The zero-order chi connectivity index (χ0) is 21.0. The summed E-state index contributed by atoms with van der Waals surface area (Å²) in [5, 5.41) is 17.2. The molecular formula is C22H27N3O4. The van der Waals surface area contributed by atoms with Gasteiger partial charge in [0.15, 0.2) is 0 Å². The van der Waals surface area contributed by atoms with Gasteiger partial charge in [-0.2, -0.15) is 0 Å². The summed E-state index contributed by atoms with van der Waals surface area (Å²) in [4.78, 5) is 27.2. The lowest BCUT2D eigenvalue weighted by molar-refractivity contribution is -0.140. The van der Waals surface area contributed by atoms with Crippen LogP contribution in [0.25, 0.3) is 0 Å². The minimum absolute atomic E-state index is 0.320. The molecule has 0 fully saturated rings. The first kappa shape index (κ1) is 20.8. The predicted octanol–water partition coefficient (Wildman–Crippen LogP) is 3.04. The maximum Gasteiger partial charge on any atom is 0.329 e. The number of carbonyl (C=O) groups excluding carboxylic acids is 2.